The molecule has 0 aromatic heterocycles. The third kappa shape index (κ3) is 4.58. The minimum Gasteiger partial charge on any atom is -0.493 e. The molecule has 35 heavy (non-hydrogen) atoms. The molecule has 2 aliphatic heterocycles. The number of benzene rings is 2. The van der Waals surface area contributed by atoms with Gasteiger partial charge in [-0.1, -0.05) is 0 Å². The van der Waals surface area contributed by atoms with Crippen LogP contribution in [0.25, 0.3) is 0 Å². The first-order chi connectivity index (χ1) is 16.3. The summed E-state index contributed by atoms with van der Waals surface area (Å²) in [6, 6.07) is 5.17. The van der Waals surface area contributed by atoms with Crippen LogP contribution in [0.1, 0.15) is 22.6 Å². The molecule has 2 heterocycles. The first-order valence-corrected chi connectivity index (χ1v) is 11.7. The van der Waals surface area contributed by atoms with Crippen LogP contribution >= 0.6 is 0 Å². The summed E-state index contributed by atoms with van der Waals surface area (Å²) in [7, 11) is -0.412. The summed E-state index contributed by atoms with van der Waals surface area (Å²) >= 11 is 0. The van der Waals surface area contributed by atoms with Gasteiger partial charge in [0.2, 0.25) is 18.3 Å². The Labute approximate surface area is 244 Å². The van der Waals surface area contributed by atoms with Gasteiger partial charge in [-0.25, -0.2) is 0 Å². The summed E-state index contributed by atoms with van der Waals surface area (Å²) in [5, 5.41) is 0. The zero-order chi connectivity index (χ0) is 24.2. The Morgan fingerprint density at radius 1 is 0.971 bits per heavy atom. The third-order valence-electron chi connectivity index (χ3n) is 6.37. The van der Waals surface area contributed by atoms with Gasteiger partial charge in [0, 0.05) is 68.8 Å². The van der Waals surface area contributed by atoms with E-state index >= 15 is 0 Å². The fourth-order valence-corrected chi connectivity index (χ4v) is 5.44. The fraction of sp³-hybridized carbons (Fsp3) is 0.409. The predicted molar refractivity (Wildman–Crippen MR) is 120 cm³/mol. The smallest absolute Gasteiger partial charge is 0.446 e. The molecular weight excluding hydrogens is 511 g/mol. The van der Waals surface area contributed by atoms with Crippen molar-refractivity contribution in [3.05, 3.63) is 34.9 Å². The molecule has 2 aromatic rings. The molecule has 3 atom stereocenters. The minimum absolute atomic E-state index is 0. The van der Waals surface area contributed by atoms with Gasteiger partial charge < -0.3 is 32.6 Å². The zero-order valence-corrected chi connectivity index (χ0v) is 23.5. The van der Waals surface area contributed by atoms with E-state index in [1.54, 1.807) is 18.2 Å². The maximum Gasteiger partial charge on any atom is 0.446 e. The second-order valence-electron chi connectivity index (χ2n) is 8.07. The number of cyclic esters (lactones) is 1. The van der Waals surface area contributed by atoms with Gasteiger partial charge in [0.05, 0.1) is 33.9 Å². The van der Waals surface area contributed by atoms with E-state index in [1.165, 1.54) is 21.3 Å². The molecule has 0 bridgehead atoms. The van der Waals surface area contributed by atoms with Crippen molar-refractivity contribution in [3.8, 4) is 34.5 Å². The Hall–Kier alpha value is -1.74. The van der Waals surface area contributed by atoms with Crippen molar-refractivity contribution in [2.75, 3.05) is 34.7 Å². The summed E-state index contributed by atoms with van der Waals surface area (Å²) in [4.78, 5) is 12.8. The van der Waals surface area contributed by atoms with E-state index in [2.05, 4.69) is 0 Å². The SMILES string of the molecule is COc1cc(C2c3cc4c(c(OS(=O)(=O)O)c3CC3COC(=O)C32)OCO4)cc(OC)c1OC.[K]. The summed E-state index contributed by atoms with van der Waals surface area (Å²) < 4.78 is 70.5. The molecule has 11 nitrogen and oxygen atoms in total. The van der Waals surface area contributed by atoms with Crippen molar-refractivity contribution >= 4 is 67.8 Å². The molecule has 1 radical (unpaired) electrons. The normalized spacial score (nSPS) is 21.8. The number of esters is 1. The Kier molecular flexibility index (Phi) is 7.49. The third-order valence-corrected chi connectivity index (χ3v) is 6.75. The second-order valence-corrected chi connectivity index (χ2v) is 9.10. The quantitative estimate of drug-likeness (QED) is 0.330. The van der Waals surface area contributed by atoms with E-state index in [4.69, 9.17) is 32.6 Å². The minimum atomic E-state index is -4.87. The summed E-state index contributed by atoms with van der Waals surface area (Å²) in [6.07, 6.45) is 0.272. The molecular formula is C22H22KO11S. The molecule has 183 valence electrons. The maximum absolute atomic E-state index is 12.8. The number of carbonyl (C=O) groups is 1. The van der Waals surface area contributed by atoms with Crippen LogP contribution in [0.5, 0.6) is 34.5 Å². The van der Waals surface area contributed by atoms with Crippen LogP contribution in [0.2, 0.25) is 0 Å². The van der Waals surface area contributed by atoms with Gasteiger partial charge in [0.15, 0.2) is 23.0 Å². The number of ether oxygens (including phenoxy) is 6. The number of rotatable bonds is 6. The van der Waals surface area contributed by atoms with Gasteiger partial charge in [0.1, 0.15) is 0 Å². The van der Waals surface area contributed by atoms with Gasteiger partial charge in [-0.05, 0) is 35.7 Å². The van der Waals surface area contributed by atoms with Crippen LogP contribution in [0.4, 0.5) is 0 Å². The van der Waals surface area contributed by atoms with E-state index in [0.717, 1.165) is 0 Å². The molecule has 2 aromatic carbocycles. The number of hydrogen-bond donors (Lipinski definition) is 1. The largest absolute Gasteiger partial charge is 0.493 e. The summed E-state index contributed by atoms with van der Waals surface area (Å²) in [6.45, 7) is 0.00737. The van der Waals surface area contributed by atoms with Crippen LogP contribution in [-0.4, -0.2) is 105 Å². The van der Waals surface area contributed by atoms with E-state index in [1.807, 2.05) is 0 Å². The number of methoxy groups -OCH3 is 3. The van der Waals surface area contributed by atoms with E-state index in [0.29, 0.717) is 33.9 Å². The first kappa shape index (κ1) is 26.3. The molecule has 5 rings (SSSR count). The molecule has 3 aliphatic rings. The molecule has 1 N–H and O–H groups in total. The van der Waals surface area contributed by atoms with Gasteiger partial charge in [0.25, 0.3) is 0 Å². The molecule has 13 heteroatoms. The Bertz CT molecular complexity index is 1250. The van der Waals surface area contributed by atoms with Gasteiger partial charge >= 0.3 is 16.4 Å². The Balaban J connectivity index is 0.00000289. The molecule has 1 fully saturated rings. The van der Waals surface area contributed by atoms with Crippen molar-refractivity contribution in [2.45, 2.75) is 12.3 Å². The van der Waals surface area contributed by atoms with E-state index in [9.17, 15) is 17.8 Å². The zero-order valence-electron chi connectivity index (χ0n) is 19.5. The molecule has 1 aliphatic carbocycles. The van der Waals surface area contributed by atoms with E-state index in [-0.39, 0.29) is 100 Å². The van der Waals surface area contributed by atoms with Crippen LogP contribution in [-0.2, 0) is 26.4 Å². The molecule has 3 unspecified atom stereocenters. The van der Waals surface area contributed by atoms with Crippen molar-refractivity contribution in [3.63, 3.8) is 0 Å². The average Bonchev–Trinajstić information content (AvgIpc) is 3.42. The topological polar surface area (TPSA) is 136 Å². The van der Waals surface area contributed by atoms with Crippen LogP contribution in [0.15, 0.2) is 18.2 Å². The number of fused-ring (bicyclic) bond motifs is 3. The standard InChI is InChI=1S/C22H22O11S.K/c1-27-14-5-10(6-15(28-2)20(14)29-3)17-12-7-16-21(32-9-31-16)19(33-34(24,25)26)13(12)4-11-8-30-22(23)18(11)17;/h5-7,11,17-18H,4,8-9H2,1-3H3,(H,24,25,26);. The maximum atomic E-state index is 12.8. The van der Waals surface area contributed by atoms with Gasteiger partial charge in [-0.2, -0.15) is 8.42 Å². The molecule has 0 spiro atoms. The summed E-state index contributed by atoms with van der Waals surface area (Å²) in [5.41, 5.74) is 1.71. The number of carbonyl (C=O) groups excluding carboxylic acids is 1. The number of hydrogen-bond acceptors (Lipinski definition) is 10. The van der Waals surface area contributed by atoms with Crippen LogP contribution < -0.4 is 27.9 Å². The first-order valence-electron chi connectivity index (χ1n) is 10.3. The van der Waals surface area contributed by atoms with Crippen LogP contribution in [0, 0.1) is 11.8 Å². The van der Waals surface area contributed by atoms with E-state index < -0.39 is 22.2 Å². The van der Waals surface area contributed by atoms with Crippen LogP contribution in [0.3, 0.4) is 0 Å². The molecule has 0 amide bonds. The predicted octanol–water partition coefficient (Wildman–Crippen LogP) is 1.72. The second kappa shape index (κ2) is 9.96. The Morgan fingerprint density at radius 2 is 1.66 bits per heavy atom. The summed E-state index contributed by atoms with van der Waals surface area (Å²) in [5.74, 6) is -0.478. The monoisotopic (exact) mass is 533 g/mol. The molecule has 1 saturated heterocycles. The van der Waals surface area contributed by atoms with Gasteiger partial charge in [-0.3, -0.25) is 9.35 Å². The van der Waals surface area contributed by atoms with Crippen molar-refractivity contribution in [1.29, 1.82) is 0 Å². The van der Waals surface area contributed by atoms with Crippen molar-refractivity contribution in [1.82, 2.24) is 0 Å². The molecule has 0 saturated carbocycles. The van der Waals surface area contributed by atoms with Crippen molar-refractivity contribution < 1.29 is 50.4 Å². The van der Waals surface area contributed by atoms with Crippen molar-refractivity contribution in [2.24, 2.45) is 11.8 Å². The fourth-order valence-electron chi connectivity index (χ4n) is 5.05. The van der Waals surface area contributed by atoms with Gasteiger partial charge in [-0.15, -0.1) is 0 Å². The Morgan fingerprint density at radius 3 is 2.26 bits per heavy atom. The average molecular weight is 534 g/mol.